The summed E-state index contributed by atoms with van der Waals surface area (Å²) in [7, 11) is 0. The molecular weight excluding hydrogens is 257 g/mol. The second-order valence-corrected chi connectivity index (χ2v) is 5.14. The third-order valence-electron chi connectivity index (χ3n) is 2.52. The summed E-state index contributed by atoms with van der Waals surface area (Å²) in [5.74, 6) is -0.391. The molecule has 0 unspecified atom stereocenters. The van der Waals surface area contributed by atoms with Crippen LogP contribution in [0.3, 0.4) is 0 Å². The summed E-state index contributed by atoms with van der Waals surface area (Å²) in [5.41, 5.74) is 0.928. The maximum absolute atomic E-state index is 13.1. The number of halogens is 2. The normalized spacial score (nSPS) is 10.9. The third kappa shape index (κ3) is 1.92. The van der Waals surface area contributed by atoms with Gasteiger partial charge in [-0.15, -0.1) is 11.3 Å². The smallest absolute Gasteiger partial charge is 0.141 e. The minimum absolute atomic E-state index is 0.151. The molecule has 3 aromatic rings. The molecule has 84 valence electrons. The maximum atomic E-state index is 13.1. The number of nitrogens with zero attached hydrogens (tertiary/aromatic N) is 1. The first-order valence-corrected chi connectivity index (χ1v) is 6.22. The van der Waals surface area contributed by atoms with E-state index in [0.717, 1.165) is 20.5 Å². The Bertz CT molecular complexity index is 660. The van der Waals surface area contributed by atoms with Crippen LogP contribution in [0.15, 0.2) is 42.7 Å². The van der Waals surface area contributed by atoms with Gasteiger partial charge in [0.05, 0.1) is 5.02 Å². The summed E-state index contributed by atoms with van der Waals surface area (Å²) < 4.78 is 14.2. The summed E-state index contributed by atoms with van der Waals surface area (Å²) in [6.07, 6.45) is 3.58. The molecule has 0 aliphatic carbocycles. The van der Waals surface area contributed by atoms with Gasteiger partial charge in [0, 0.05) is 27.4 Å². The second kappa shape index (κ2) is 4.09. The Kier molecular flexibility index (Phi) is 2.57. The second-order valence-electron chi connectivity index (χ2n) is 3.65. The summed E-state index contributed by atoms with van der Waals surface area (Å²) >= 11 is 7.42. The van der Waals surface area contributed by atoms with Gasteiger partial charge in [-0.3, -0.25) is 4.98 Å². The van der Waals surface area contributed by atoms with Crippen molar-refractivity contribution >= 4 is 33.0 Å². The minimum atomic E-state index is -0.391. The van der Waals surface area contributed by atoms with Crippen LogP contribution in [0.25, 0.3) is 20.5 Å². The molecule has 0 fully saturated rings. The van der Waals surface area contributed by atoms with Crippen LogP contribution in [-0.2, 0) is 0 Å². The first-order valence-electron chi connectivity index (χ1n) is 5.03. The van der Waals surface area contributed by atoms with E-state index in [9.17, 15) is 4.39 Å². The third-order valence-corrected chi connectivity index (χ3v) is 3.98. The molecule has 0 radical (unpaired) electrons. The first kappa shape index (κ1) is 10.7. The van der Waals surface area contributed by atoms with Crippen LogP contribution in [0.4, 0.5) is 4.39 Å². The monoisotopic (exact) mass is 263 g/mol. The van der Waals surface area contributed by atoms with E-state index in [2.05, 4.69) is 4.98 Å². The molecule has 0 atom stereocenters. The van der Waals surface area contributed by atoms with Gasteiger partial charge in [-0.05, 0) is 29.8 Å². The molecule has 1 aromatic carbocycles. The van der Waals surface area contributed by atoms with Crippen LogP contribution < -0.4 is 0 Å². The fourth-order valence-electron chi connectivity index (χ4n) is 1.68. The van der Waals surface area contributed by atoms with Gasteiger partial charge in [0.15, 0.2) is 0 Å². The zero-order valence-corrected chi connectivity index (χ0v) is 10.2. The van der Waals surface area contributed by atoms with E-state index in [1.54, 1.807) is 29.7 Å². The number of hydrogen-bond acceptors (Lipinski definition) is 2. The van der Waals surface area contributed by atoms with Crippen molar-refractivity contribution in [3.05, 3.63) is 53.6 Å². The van der Waals surface area contributed by atoms with E-state index in [1.165, 1.54) is 6.07 Å². The van der Waals surface area contributed by atoms with Crippen molar-refractivity contribution in [2.45, 2.75) is 0 Å². The van der Waals surface area contributed by atoms with Crippen molar-refractivity contribution in [3.8, 4) is 10.4 Å². The molecule has 4 heteroatoms. The highest BCUT2D eigenvalue weighted by atomic mass is 35.5. The molecule has 0 amide bonds. The fourth-order valence-corrected chi connectivity index (χ4v) is 2.88. The van der Waals surface area contributed by atoms with E-state index >= 15 is 0 Å². The summed E-state index contributed by atoms with van der Waals surface area (Å²) in [6, 6.07) is 8.78. The van der Waals surface area contributed by atoms with Gasteiger partial charge in [0.25, 0.3) is 0 Å². The predicted octanol–water partition coefficient (Wildman–Crippen LogP) is 4.76. The van der Waals surface area contributed by atoms with Crippen molar-refractivity contribution in [3.63, 3.8) is 0 Å². The van der Waals surface area contributed by atoms with Crippen LogP contribution in [-0.4, -0.2) is 4.98 Å². The molecule has 0 saturated carbocycles. The molecule has 0 spiro atoms. The lowest BCUT2D eigenvalue weighted by Crippen LogP contribution is -1.77. The van der Waals surface area contributed by atoms with Gasteiger partial charge in [0.2, 0.25) is 0 Å². The Morgan fingerprint density at radius 2 is 2.06 bits per heavy atom. The Balaban J connectivity index is 2.17. The molecule has 1 nitrogen and oxygen atoms in total. The van der Waals surface area contributed by atoms with Crippen LogP contribution in [0.2, 0.25) is 5.02 Å². The number of pyridine rings is 1. The lowest BCUT2D eigenvalue weighted by molar-refractivity contribution is 0.628. The zero-order chi connectivity index (χ0) is 11.8. The van der Waals surface area contributed by atoms with Gasteiger partial charge in [-0.1, -0.05) is 17.7 Å². The van der Waals surface area contributed by atoms with E-state index in [-0.39, 0.29) is 5.02 Å². The van der Waals surface area contributed by atoms with E-state index in [0.29, 0.717) is 0 Å². The average Bonchev–Trinajstić information content (AvgIpc) is 2.76. The Labute approximate surface area is 106 Å². The quantitative estimate of drug-likeness (QED) is 0.617. The van der Waals surface area contributed by atoms with Crippen molar-refractivity contribution in [2.75, 3.05) is 0 Å². The average molecular weight is 264 g/mol. The number of thiophene rings is 1. The largest absolute Gasteiger partial charge is 0.264 e. The molecule has 3 rings (SSSR count). The summed E-state index contributed by atoms with van der Waals surface area (Å²) in [6.45, 7) is 0. The number of rotatable bonds is 1. The standard InChI is InChI=1S/C13H7ClFNS/c14-10-5-8(1-2-11(10)15)13-6-9-7-16-4-3-12(9)17-13/h1-7H. The van der Waals surface area contributed by atoms with E-state index in [1.807, 2.05) is 18.3 Å². The van der Waals surface area contributed by atoms with Crippen molar-refractivity contribution in [1.29, 1.82) is 0 Å². The molecule has 2 aromatic heterocycles. The maximum Gasteiger partial charge on any atom is 0.141 e. The number of aromatic nitrogens is 1. The number of hydrogen-bond donors (Lipinski definition) is 0. The SMILES string of the molecule is Fc1ccc(-c2cc3cnccc3s2)cc1Cl. The Morgan fingerprint density at radius 3 is 2.82 bits per heavy atom. The Hall–Kier alpha value is -1.45. The predicted molar refractivity (Wildman–Crippen MR) is 70.0 cm³/mol. The summed E-state index contributed by atoms with van der Waals surface area (Å²) in [5, 5.41) is 1.24. The number of benzene rings is 1. The Morgan fingerprint density at radius 1 is 1.18 bits per heavy atom. The highest BCUT2D eigenvalue weighted by Crippen LogP contribution is 2.34. The molecular formula is C13H7ClFNS. The van der Waals surface area contributed by atoms with Crippen molar-refractivity contribution in [2.24, 2.45) is 0 Å². The highest BCUT2D eigenvalue weighted by molar-refractivity contribution is 7.22. The molecule has 17 heavy (non-hydrogen) atoms. The zero-order valence-electron chi connectivity index (χ0n) is 8.65. The molecule has 0 bridgehead atoms. The highest BCUT2D eigenvalue weighted by Gasteiger charge is 2.06. The van der Waals surface area contributed by atoms with Gasteiger partial charge in [-0.25, -0.2) is 4.39 Å². The van der Waals surface area contributed by atoms with Gasteiger partial charge in [-0.2, -0.15) is 0 Å². The van der Waals surface area contributed by atoms with Crippen molar-refractivity contribution in [1.82, 2.24) is 4.98 Å². The lowest BCUT2D eigenvalue weighted by Gasteiger charge is -1.98. The van der Waals surface area contributed by atoms with Crippen LogP contribution in [0, 0.1) is 5.82 Å². The lowest BCUT2D eigenvalue weighted by atomic mass is 10.2. The minimum Gasteiger partial charge on any atom is -0.264 e. The van der Waals surface area contributed by atoms with Crippen LogP contribution >= 0.6 is 22.9 Å². The van der Waals surface area contributed by atoms with Gasteiger partial charge in [0.1, 0.15) is 5.82 Å². The van der Waals surface area contributed by atoms with E-state index in [4.69, 9.17) is 11.6 Å². The van der Waals surface area contributed by atoms with E-state index < -0.39 is 5.82 Å². The number of fused-ring (bicyclic) bond motifs is 1. The molecule has 0 aliphatic heterocycles. The first-order chi connectivity index (χ1) is 8.24. The topological polar surface area (TPSA) is 12.9 Å². The molecule has 0 N–H and O–H groups in total. The van der Waals surface area contributed by atoms with Crippen LogP contribution in [0.5, 0.6) is 0 Å². The molecule has 2 heterocycles. The molecule has 0 aliphatic rings. The molecule has 0 saturated heterocycles. The van der Waals surface area contributed by atoms with Crippen LogP contribution in [0.1, 0.15) is 0 Å². The fraction of sp³-hybridized carbons (Fsp3) is 0. The van der Waals surface area contributed by atoms with Gasteiger partial charge < -0.3 is 0 Å². The summed E-state index contributed by atoms with van der Waals surface area (Å²) in [4.78, 5) is 5.14. The van der Waals surface area contributed by atoms with Gasteiger partial charge >= 0.3 is 0 Å². The van der Waals surface area contributed by atoms with Crippen molar-refractivity contribution < 1.29 is 4.39 Å².